The highest BCUT2D eigenvalue weighted by atomic mass is 16.3. The number of hydrogen-bond donors (Lipinski definition) is 2. The third kappa shape index (κ3) is 2.01. The summed E-state index contributed by atoms with van der Waals surface area (Å²) in [5.41, 5.74) is 1.58. The fourth-order valence-corrected chi connectivity index (χ4v) is 5.56. The number of anilines is 1. The van der Waals surface area contributed by atoms with E-state index in [1.165, 1.54) is 0 Å². The minimum Gasteiger partial charge on any atom is -0.381 e. The largest absolute Gasteiger partial charge is 0.381 e. The maximum absolute atomic E-state index is 13.9. The van der Waals surface area contributed by atoms with E-state index in [0.717, 1.165) is 11.3 Å². The minimum absolute atomic E-state index is 0.217. The first kappa shape index (κ1) is 17.7. The summed E-state index contributed by atoms with van der Waals surface area (Å²) in [5.74, 6) is 0.231. The maximum Gasteiger partial charge on any atom is 0.266 e. The Kier molecular flexibility index (Phi) is 3.22. The molecule has 0 unspecified atom stereocenters. The highest BCUT2D eigenvalue weighted by Crippen LogP contribution is 2.54. The Bertz CT molecular complexity index is 1530. The van der Waals surface area contributed by atoms with Gasteiger partial charge in [0.2, 0.25) is 0 Å². The smallest absolute Gasteiger partial charge is 0.266 e. The molecule has 0 saturated carbocycles. The van der Waals surface area contributed by atoms with Crippen molar-refractivity contribution in [3.63, 3.8) is 0 Å². The van der Waals surface area contributed by atoms with Crippen LogP contribution in [0.25, 0.3) is 16.6 Å². The molecule has 32 heavy (non-hydrogen) atoms. The number of benzene rings is 3. The van der Waals surface area contributed by atoms with Gasteiger partial charge in [0.15, 0.2) is 0 Å². The van der Waals surface area contributed by atoms with Gasteiger partial charge in [0.05, 0.1) is 28.2 Å². The van der Waals surface area contributed by atoms with E-state index >= 15 is 0 Å². The summed E-state index contributed by atoms with van der Waals surface area (Å²) in [6, 6.07) is 21.3. The molecule has 1 aromatic heterocycles. The molecule has 0 spiro atoms. The van der Waals surface area contributed by atoms with Crippen LogP contribution >= 0.6 is 0 Å². The number of carbonyl (C=O) groups excluding carboxylic acids is 1. The molecule has 0 aliphatic carbocycles. The predicted molar refractivity (Wildman–Crippen MR) is 119 cm³/mol. The van der Waals surface area contributed by atoms with E-state index in [2.05, 4.69) is 5.32 Å². The second kappa shape index (κ2) is 5.83. The van der Waals surface area contributed by atoms with E-state index in [1.54, 1.807) is 39.8 Å². The van der Waals surface area contributed by atoms with Crippen molar-refractivity contribution < 1.29 is 9.90 Å². The van der Waals surface area contributed by atoms with E-state index in [9.17, 15) is 14.7 Å². The van der Waals surface area contributed by atoms with Crippen molar-refractivity contribution in [2.45, 2.75) is 24.2 Å². The minimum atomic E-state index is -1.28. The van der Waals surface area contributed by atoms with Gasteiger partial charge in [0.1, 0.15) is 17.6 Å². The number of aliphatic hydroxyl groups is 1. The van der Waals surface area contributed by atoms with Crippen LogP contribution in [-0.4, -0.2) is 31.6 Å². The van der Waals surface area contributed by atoms with Crippen LogP contribution in [0.4, 0.5) is 5.69 Å². The molecule has 3 aliphatic heterocycles. The molecule has 7 rings (SSSR count). The standard InChI is InChI=1S/C25H18N4O3/c30-22-14-7-1-4-10-17(14)26-21-20-13-25(32)16-9-3-5-11-18(16)27-24(25)29(20)23(31)15-8-2-6-12-19(15)28(21)22/h1-12,20,24,27,32H,13H2/t20-,24+,25-/m1/s1. The quantitative estimate of drug-likeness (QED) is 0.455. The number of carbonyl (C=O) groups is 1. The van der Waals surface area contributed by atoms with Crippen LogP contribution in [0.2, 0.25) is 0 Å². The molecule has 1 fully saturated rings. The van der Waals surface area contributed by atoms with Crippen LogP contribution in [0.15, 0.2) is 77.6 Å². The monoisotopic (exact) mass is 422 g/mol. The van der Waals surface area contributed by atoms with Gasteiger partial charge in [-0.2, -0.15) is 0 Å². The normalized spacial score (nSPS) is 24.8. The number of hydrogen-bond acceptors (Lipinski definition) is 5. The van der Waals surface area contributed by atoms with E-state index in [4.69, 9.17) is 4.98 Å². The number of fused-ring (bicyclic) bond motifs is 10. The Morgan fingerprint density at radius 2 is 1.72 bits per heavy atom. The lowest BCUT2D eigenvalue weighted by molar-refractivity contribution is 0.0185. The number of aromatic nitrogens is 2. The highest BCUT2D eigenvalue weighted by molar-refractivity contribution is 6.00. The first-order valence-corrected chi connectivity index (χ1v) is 10.6. The molecule has 2 N–H and O–H groups in total. The van der Waals surface area contributed by atoms with Crippen molar-refractivity contribution in [2.24, 2.45) is 0 Å². The first-order valence-electron chi connectivity index (χ1n) is 10.6. The van der Waals surface area contributed by atoms with E-state index in [-0.39, 0.29) is 17.9 Å². The van der Waals surface area contributed by atoms with Gasteiger partial charge in [0, 0.05) is 17.7 Å². The summed E-state index contributed by atoms with van der Waals surface area (Å²) < 4.78 is 1.55. The molecule has 3 atom stereocenters. The molecule has 3 aromatic carbocycles. The summed E-state index contributed by atoms with van der Waals surface area (Å²) in [6.07, 6.45) is -0.410. The zero-order valence-corrected chi connectivity index (χ0v) is 16.9. The molecule has 1 saturated heterocycles. The fourth-order valence-electron chi connectivity index (χ4n) is 5.56. The lowest BCUT2D eigenvalue weighted by Gasteiger charge is -2.29. The van der Waals surface area contributed by atoms with Crippen molar-refractivity contribution >= 4 is 22.5 Å². The first-order chi connectivity index (χ1) is 15.6. The Morgan fingerprint density at radius 3 is 2.62 bits per heavy atom. The lowest BCUT2D eigenvalue weighted by Crippen LogP contribution is -2.46. The van der Waals surface area contributed by atoms with Crippen molar-refractivity contribution in [1.82, 2.24) is 14.5 Å². The van der Waals surface area contributed by atoms with Crippen molar-refractivity contribution in [3.05, 3.63) is 100 Å². The van der Waals surface area contributed by atoms with Gasteiger partial charge < -0.3 is 15.3 Å². The third-order valence-electron chi connectivity index (χ3n) is 6.97. The molecule has 7 nitrogen and oxygen atoms in total. The van der Waals surface area contributed by atoms with Gasteiger partial charge in [-0.05, 0) is 30.3 Å². The summed E-state index contributed by atoms with van der Waals surface area (Å²) >= 11 is 0. The number of rotatable bonds is 0. The van der Waals surface area contributed by atoms with Gasteiger partial charge in [-0.15, -0.1) is 0 Å². The molecule has 7 heteroatoms. The van der Waals surface area contributed by atoms with Gasteiger partial charge >= 0.3 is 0 Å². The fraction of sp³-hybridized carbons (Fsp3) is 0.160. The summed E-state index contributed by atoms with van der Waals surface area (Å²) in [6.45, 7) is 0. The average Bonchev–Trinajstić information content (AvgIpc) is 3.23. The Morgan fingerprint density at radius 1 is 0.969 bits per heavy atom. The predicted octanol–water partition coefficient (Wildman–Crippen LogP) is 2.93. The molecular weight excluding hydrogens is 404 g/mol. The second-order valence-corrected chi connectivity index (χ2v) is 8.59. The highest BCUT2D eigenvalue weighted by Gasteiger charge is 2.60. The molecule has 0 radical (unpaired) electrons. The van der Waals surface area contributed by atoms with Crippen LogP contribution in [0.5, 0.6) is 0 Å². The SMILES string of the molecule is O=C1c2ccccc2-n2c(nc3ccccc3c2=O)[C@H]2C[C@@]3(O)c4ccccc4N[C@H]3N12. The Labute approximate surface area is 182 Å². The van der Waals surface area contributed by atoms with Crippen LogP contribution < -0.4 is 10.9 Å². The van der Waals surface area contributed by atoms with E-state index < -0.39 is 17.8 Å². The number of nitrogens with zero attached hydrogens (tertiary/aromatic N) is 3. The second-order valence-electron chi connectivity index (χ2n) is 8.59. The number of para-hydroxylation sites is 3. The van der Waals surface area contributed by atoms with Gasteiger partial charge in [-0.25, -0.2) is 4.98 Å². The summed E-state index contributed by atoms with van der Waals surface area (Å²) in [4.78, 5) is 34.0. The third-order valence-corrected chi connectivity index (χ3v) is 6.97. The summed E-state index contributed by atoms with van der Waals surface area (Å²) in [5, 5.41) is 15.6. The molecule has 156 valence electrons. The van der Waals surface area contributed by atoms with Crippen LogP contribution in [0, 0.1) is 0 Å². The Hall–Kier alpha value is -3.97. The zero-order valence-electron chi connectivity index (χ0n) is 16.9. The molecule has 1 amide bonds. The summed E-state index contributed by atoms with van der Waals surface area (Å²) in [7, 11) is 0. The number of nitrogens with one attached hydrogen (secondary N) is 1. The Balaban J connectivity index is 1.56. The van der Waals surface area contributed by atoms with Crippen LogP contribution in [0.3, 0.4) is 0 Å². The van der Waals surface area contributed by atoms with E-state index in [1.807, 2.05) is 42.5 Å². The van der Waals surface area contributed by atoms with Crippen LogP contribution in [-0.2, 0) is 5.60 Å². The van der Waals surface area contributed by atoms with E-state index in [0.29, 0.717) is 28.0 Å². The average molecular weight is 422 g/mol. The van der Waals surface area contributed by atoms with Crippen molar-refractivity contribution in [2.75, 3.05) is 5.32 Å². The lowest BCUT2D eigenvalue weighted by atomic mass is 9.91. The molecular formula is C25H18N4O3. The van der Waals surface area contributed by atoms with Crippen molar-refractivity contribution in [1.29, 1.82) is 0 Å². The number of amides is 1. The zero-order chi connectivity index (χ0) is 21.6. The molecule has 4 heterocycles. The topological polar surface area (TPSA) is 87.5 Å². The van der Waals surface area contributed by atoms with Gasteiger partial charge in [0.25, 0.3) is 11.5 Å². The van der Waals surface area contributed by atoms with Crippen LogP contribution in [0.1, 0.15) is 34.2 Å². The van der Waals surface area contributed by atoms with Gasteiger partial charge in [-0.1, -0.05) is 42.5 Å². The molecule has 4 aromatic rings. The van der Waals surface area contributed by atoms with Gasteiger partial charge in [-0.3, -0.25) is 14.2 Å². The van der Waals surface area contributed by atoms with Crippen molar-refractivity contribution in [3.8, 4) is 5.69 Å². The maximum atomic E-state index is 13.9. The molecule has 0 bridgehead atoms. The molecule has 3 aliphatic rings.